The molecule has 0 amide bonds. The number of carboxylic acids is 1. The van der Waals surface area contributed by atoms with E-state index in [-0.39, 0.29) is 6.42 Å². The standard InChI is InChI=1S/C23H34O4/c1-3-4-5-6-8-14-19-23(2,27)20-15-9-7-11-16-21(24)17-12-10-13-18-22(25)26/h4-5,7-12,14-16,20-21,24,27H,3,6,13,17-19H2,1-2H3,(H,25,26)/b5-4-,9-7+,12-10-,14-8-,16-11+,20-15-. The molecule has 2 unspecified atom stereocenters. The van der Waals surface area contributed by atoms with Gasteiger partial charge in [0.15, 0.2) is 0 Å². The zero-order valence-electron chi connectivity index (χ0n) is 16.5. The van der Waals surface area contributed by atoms with E-state index < -0.39 is 17.7 Å². The van der Waals surface area contributed by atoms with E-state index in [4.69, 9.17) is 5.11 Å². The van der Waals surface area contributed by atoms with Crippen LogP contribution in [0, 0.1) is 0 Å². The first-order chi connectivity index (χ1) is 12.9. The summed E-state index contributed by atoms with van der Waals surface area (Å²) in [5.41, 5.74) is -0.890. The van der Waals surface area contributed by atoms with Crippen molar-refractivity contribution in [1.82, 2.24) is 0 Å². The van der Waals surface area contributed by atoms with Crippen molar-refractivity contribution in [2.45, 2.75) is 64.1 Å². The summed E-state index contributed by atoms with van der Waals surface area (Å²) in [4.78, 5) is 10.4. The van der Waals surface area contributed by atoms with E-state index in [1.807, 2.05) is 12.2 Å². The Morgan fingerprint density at radius 3 is 2.41 bits per heavy atom. The van der Waals surface area contributed by atoms with Crippen molar-refractivity contribution < 1.29 is 20.1 Å². The van der Waals surface area contributed by atoms with Gasteiger partial charge in [-0.25, -0.2) is 0 Å². The van der Waals surface area contributed by atoms with E-state index >= 15 is 0 Å². The van der Waals surface area contributed by atoms with Gasteiger partial charge in [0.2, 0.25) is 0 Å². The summed E-state index contributed by atoms with van der Waals surface area (Å²) in [6.45, 7) is 3.86. The Bertz CT molecular complexity index is 563. The minimum absolute atomic E-state index is 0.104. The molecule has 2 atom stereocenters. The summed E-state index contributed by atoms with van der Waals surface area (Å²) in [6, 6.07) is 0. The third kappa shape index (κ3) is 18.4. The second-order valence-corrected chi connectivity index (χ2v) is 6.48. The van der Waals surface area contributed by atoms with Crippen LogP contribution in [-0.4, -0.2) is 33.0 Å². The average molecular weight is 375 g/mol. The molecule has 0 aliphatic heterocycles. The first kappa shape index (κ1) is 24.8. The van der Waals surface area contributed by atoms with Crippen LogP contribution in [0.5, 0.6) is 0 Å². The Labute approximate surface area is 163 Å². The molecule has 0 rings (SSSR count). The van der Waals surface area contributed by atoms with Crippen molar-refractivity contribution in [3.8, 4) is 0 Å². The maximum atomic E-state index is 10.4. The highest BCUT2D eigenvalue weighted by Gasteiger charge is 2.12. The quantitative estimate of drug-likeness (QED) is 0.299. The van der Waals surface area contributed by atoms with E-state index in [1.165, 1.54) is 0 Å². The number of rotatable bonds is 14. The van der Waals surface area contributed by atoms with Crippen molar-refractivity contribution in [3.05, 3.63) is 72.9 Å². The fourth-order valence-electron chi connectivity index (χ4n) is 2.05. The largest absolute Gasteiger partial charge is 0.481 e. The minimum atomic E-state index is -0.890. The lowest BCUT2D eigenvalue weighted by atomic mass is 10.0. The van der Waals surface area contributed by atoms with Crippen molar-refractivity contribution in [2.75, 3.05) is 0 Å². The molecule has 4 nitrogen and oxygen atoms in total. The highest BCUT2D eigenvalue weighted by atomic mass is 16.4. The molecule has 0 aliphatic rings. The molecule has 150 valence electrons. The number of carboxylic acid groups (broad SMARTS) is 1. The maximum absolute atomic E-state index is 10.4. The lowest BCUT2D eigenvalue weighted by Gasteiger charge is -2.15. The Morgan fingerprint density at radius 2 is 1.70 bits per heavy atom. The van der Waals surface area contributed by atoms with Gasteiger partial charge in [-0.2, -0.15) is 0 Å². The van der Waals surface area contributed by atoms with E-state index in [1.54, 1.807) is 55.5 Å². The van der Waals surface area contributed by atoms with Gasteiger partial charge in [-0.05, 0) is 39.0 Å². The predicted molar refractivity (Wildman–Crippen MR) is 112 cm³/mol. The zero-order valence-corrected chi connectivity index (χ0v) is 16.5. The Hall–Kier alpha value is -2.17. The zero-order chi connectivity index (χ0) is 20.4. The maximum Gasteiger partial charge on any atom is 0.303 e. The van der Waals surface area contributed by atoms with Crippen molar-refractivity contribution >= 4 is 5.97 Å². The molecule has 3 N–H and O–H groups in total. The van der Waals surface area contributed by atoms with Gasteiger partial charge in [0.25, 0.3) is 0 Å². The normalized spacial score (nSPS) is 16.6. The van der Waals surface area contributed by atoms with Crippen LogP contribution in [0.15, 0.2) is 72.9 Å². The third-order valence-corrected chi connectivity index (χ3v) is 3.56. The number of aliphatic hydroxyl groups is 2. The van der Waals surface area contributed by atoms with Crippen molar-refractivity contribution in [3.63, 3.8) is 0 Å². The molecule has 27 heavy (non-hydrogen) atoms. The molecule has 0 saturated heterocycles. The van der Waals surface area contributed by atoms with E-state index in [0.717, 1.165) is 12.8 Å². The molecule has 0 fully saturated rings. The van der Waals surface area contributed by atoms with Crippen LogP contribution in [0.1, 0.15) is 52.4 Å². The molecule has 0 aromatic rings. The van der Waals surface area contributed by atoms with Crippen LogP contribution < -0.4 is 0 Å². The van der Waals surface area contributed by atoms with Crippen LogP contribution in [0.2, 0.25) is 0 Å². The molecule has 0 radical (unpaired) electrons. The Balaban J connectivity index is 4.11. The monoisotopic (exact) mass is 374 g/mol. The molecule has 0 aromatic carbocycles. The van der Waals surface area contributed by atoms with Gasteiger partial charge in [-0.3, -0.25) is 4.79 Å². The van der Waals surface area contributed by atoms with Gasteiger partial charge in [0.05, 0.1) is 11.7 Å². The first-order valence-corrected chi connectivity index (χ1v) is 9.47. The van der Waals surface area contributed by atoms with Gasteiger partial charge in [0.1, 0.15) is 0 Å². The second-order valence-electron chi connectivity index (χ2n) is 6.48. The van der Waals surface area contributed by atoms with E-state index in [2.05, 4.69) is 19.1 Å². The predicted octanol–water partition coefficient (Wildman–Crippen LogP) is 4.88. The lowest BCUT2D eigenvalue weighted by molar-refractivity contribution is -0.136. The Morgan fingerprint density at radius 1 is 1.00 bits per heavy atom. The summed E-state index contributed by atoms with van der Waals surface area (Å²) in [7, 11) is 0. The van der Waals surface area contributed by atoms with E-state index in [0.29, 0.717) is 19.3 Å². The minimum Gasteiger partial charge on any atom is -0.481 e. The van der Waals surface area contributed by atoms with Crippen molar-refractivity contribution in [1.29, 1.82) is 0 Å². The van der Waals surface area contributed by atoms with Crippen LogP contribution in [0.3, 0.4) is 0 Å². The van der Waals surface area contributed by atoms with Crippen LogP contribution >= 0.6 is 0 Å². The molecule has 0 aliphatic carbocycles. The third-order valence-electron chi connectivity index (χ3n) is 3.56. The molecule has 4 heteroatoms. The molecule has 0 spiro atoms. The van der Waals surface area contributed by atoms with Gasteiger partial charge in [0, 0.05) is 6.42 Å². The van der Waals surface area contributed by atoms with Gasteiger partial charge >= 0.3 is 5.97 Å². The molecule has 0 saturated carbocycles. The van der Waals surface area contributed by atoms with Crippen LogP contribution in [0.25, 0.3) is 0 Å². The SMILES string of the molecule is CC/C=C\C/C=C\CC(C)(O)\C=C/C=C/C=C/C(O)C/C=C\CCC(=O)O. The molecular formula is C23H34O4. The van der Waals surface area contributed by atoms with Crippen molar-refractivity contribution in [2.24, 2.45) is 0 Å². The molecular weight excluding hydrogens is 340 g/mol. The number of carbonyl (C=O) groups is 1. The number of hydrogen-bond acceptors (Lipinski definition) is 3. The number of aliphatic carboxylic acids is 1. The number of aliphatic hydroxyl groups excluding tert-OH is 1. The van der Waals surface area contributed by atoms with Gasteiger partial charge in [-0.15, -0.1) is 0 Å². The highest BCUT2D eigenvalue weighted by Crippen LogP contribution is 2.12. The smallest absolute Gasteiger partial charge is 0.303 e. The summed E-state index contributed by atoms with van der Waals surface area (Å²) in [6.07, 6.45) is 25.2. The number of allylic oxidation sites excluding steroid dienone is 8. The number of hydrogen-bond donors (Lipinski definition) is 3. The molecule has 0 heterocycles. The average Bonchev–Trinajstić information content (AvgIpc) is 2.60. The fourth-order valence-corrected chi connectivity index (χ4v) is 2.05. The lowest BCUT2D eigenvalue weighted by Crippen LogP contribution is -2.18. The van der Waals surface area contributed by atoms with E-state index in [9.17, 15) is 15.0 Å². The highest BCUT2D eigenvalue weighted by molar-refractivity contribution is 5.66. The Kier molecular flexibility index (Phi) is 14.7. The summed E-state index contributed by atoms with van der Waals surface area (Å²) >= 11 is 0. The molecule has 0 aromatic heterocycles. The second kappa shape index (κ2) is 16.0. The van der Waals surface area contributed by atoms with Gasteiger partial charge in [-0.1, -0.05) is 79.8 Å². The van der Waals surface area contributed by atoms with Crippen LogP contribution in [0.4, 0.5) is 0 Å². The molecule has 0 bridgehead atoms. The van der Waals surface area contributed by atoms with Crippen LogP contribution in [-0.2, 0) is 4.79 Å². The first-order valence-electron chi connectivity index (χ1n) is 9.47. The summed E-state index contributed by atoms with van der Waals surface area (Å²) < 4.78 is 0. The summed E-state index contributed by atoms with van der Waals surface area (Å²) in [5.74, 6) is -0.822. The fraction of sp³-hybridized carbons (Fsp3) is 0.435. The van der Waals surface area contributed by atoms with Gasteiger partial charge < -0.3 is 15.3 Å². The summed E-state index contributed by atoms with van der Waals surface area (Å²) in [5, 5.41) is 28.5. The topological polar surface area (TPSA) is 77.8 Å².